The summed E-state index contributed by atoms with van der Waals surface area (Å²) < 4.78 is 0. The van der Waals surface area contributed by atoms with E-state index in [1.165, 1.54) is 17.0 Å². The number of hydrogen-bond acceptors (Lipinski definition) is 5. The van der Waals surface area contributed by atoms with Crippen molar-refractivity contribution >= 4 is 28.7 Å². The SMILES string of the molecule is CC(Cc1cccs1)Nc1ccc(C(=O)O)c([N+](=O)[O-])c1. The number of nitro benzene ring substituents is 1. The Labute approximate surface area is 125 Å². The quantitative estimate of drug-likeness (QED) is 0.630. The van der Waals surface area contributed by atoms with Crippen LogP contribution in [0.15, 0.2) is 35.7 Å². The molecule has 7 heteroatoms. The number of thiophene rings is 1. The Kier molecular flexibility index (Phi) is 4.54. The Bertz CT molecular complexity index is 655. The van der Waals surface area contributed by atoms with Gasteiger partial charge in [-0.1, -0.05) is 6.07 Å². The minimum atomic E-state index is -1.31. The van der Waals surface area contributed by atoms with Gasteiger partial charge in [-0.05, 0) is 30.5 Å². The van der Waals surface area contributed by atoms with Gasteiger partial charge in [0.15, 0.2) is 0 Å². The highest BCUT2D eigenvalue weighted by Crippen LogP contribution is 2.24. The lowest BCUT2D eigenvalue weighted by Gasteiger charge is -2.14. The molecular formula is C14H14N2O4S. The fourth-order valence-electron chi connectivity index (χ4n) is 2.02. The van der Waals surface area contributed by atoms with Gasteiger partial charge in [0, 0.05) is 29.1 Å². The van der Waals surface area contributed by atoms with Crippen molar-refractivity contribution in [1.29, 1.82) is 0 Å². The highest BCUT2D eigenvalue weighted by molar-refractivity contribution is 7.09. The molecule has 1 heterocycles. The van der Waals surface area contributed by atoms with E-state index in [0.717, 1.165) is 6.42 Å². The molecule has 0 bridgehead atoms. The second-order valence-corrected chi connectivity index (χ2v) is 5.66. The lowest BCUT2D eigenvalue weighted by atomic mass is 10.1. The Morgan fingerprint density at radius 3 is 2.81 bits per heavy atom. The number of nitro groups is 1. The van der Waals surface area contributed by atoms with Crippen molar-refractivity contribution < 1.29 is 14.8 Å². The third-order valence-electron chi connectivity index (χ3n) is 2.93. The number of carboxylic acids is 1. The van der Waals surface area contributed by atoms with E-state index in [-0.39, 0.29) is 11.6 Å². The van der Waals surface area contributed by atoms with E-state index in [4.69, 9.17) is 5.11 Å². The number of anilines is 1. The first-order chi connectivity index (χ1) is 9.97. The van der Waals surface area contributed by atoms with Crippen molar-refractivity contribution in [2.75, 3.05) is 5.32 Å². The van der Waals surface area contributed by atoms with E-state index in [2.05, 4.69) is 5.32 Å². The van der Waals surface area contributed by atoms with Gasteiger partial charge in [-0.15, -0.1) is 11.3 Å². The molecule has 0 aliphatic heterocycles. The van der Waals surface area contributed by atoms with Gasteiger partial charge < -0.3 is 10.4 Å². The van der Waals surface area contributed by atoms with Crippen LogP contribution in [0.1, 0.15) is 22.2 Å². The maximum Gasteiger partial charge on any atom is 0.342 e. The second-order valence-electron chi connectivity index (χ2n) is 4.62. The monoisotopic (exact) mass is 306 g/mol. The molecule has 2 rings (SSSR count). The highest BCUT2D eigenvalue weighted by atomic mass is 32.1. The number of aromatic carboxylic acids is 1. The van der Waals surface area contributed by atoms with E-state index in [9.17, 15) is 14.9 Å². The van der Waals surface area contributed by atoms with Gasteiger partial charge in [0.1, 0.15) is 5.56 Å². The van der Waals surface area contributed by atoms with Crippen LogP contribution in [-0.2, 0) is 6.42 Å². The molecule has 110 valence electrons. The largest absolute Gasteiger partial charge is 0.477 e. The minimum Gasteiger partial charge on any atom is -0.477 e. The number of nitrogens with one attached hydrogen (secondary N) is 1. The molecular weight excluding hydrogens is 292 g/mol. The predicted molar refractivity (Wildman–Crippen MR) is 81.2 cm³/mol. The number of carbonyl (C=O) groups is 1. The summed E-state index contributed by atoms with van der Waals surface area (Å²) in [6, 6.07) is 8.13. The molecule has 0 amide bonds. The summed E-state index contributed by atoms with van der Waals surface area (Å²) in [6.45, 7) is 1.97. The zero-order chi connectivity index (χ0) is 15.4. The fraction of sp³-hybridized carbons (Fsp3) is 0.214. The highest BCUT2D eigenvalue weighted by Gasteiger charge is 2.20. The molecule has 0 saturated carbocycles. The average Bonchev–Trinajstić information content (AvgIpc) is 2.90. The Morgan fingerprint density at radius 1 is 1.48 bits per heavy atom. The van der Waals surface area contributed by atoms with Crippen LogP contribution in [0.25, 0.3) is 0 Å². The summed E-state index contributed by atoms with van der Waals surface area (Å²) >= 11 is 1.65. The summed E-state index contributed by atoms with van der Waals surface area (Å²) in [7, 11) is 0. The van der Waals surface area contributed by atoms with Gasteiger partial charge in [0.25, 0.3) is 5.69 Å². The van der Waals surface area contributed by atoms with Crippen LogP contribution in [-0.4, -0.2) is 22.0 Å². The summed E-state index contributed by atoms with van der Waals surface area (Å²) in [4.78, 5) is 22.4. The zero-order valence-electron chi connectivity index (χ0n) is 11.3. The van der Waals surface area contributed by atoms with Crippen molar-refractivity contribution in [2.45, 2.75) is 19.4 Å². The van der Waals surface area contributed by atoms with E-state index in [1.54, 1.807) is 17.4 Å². The molecule has 1 atom stereocenters. The van der Waals surface area contributed by atoms with Crippen molar-refractivity contribution in [1.82, 2.24) is 0 Å². The third kappa shape index (κ3) is 3.79. The van der Waals surface area contributed by atoms with Crippen molar-refractivity contribution in [3.63, 3.8) is 0 Å². The first-order valence-electron chi connectivity index (χ1n) is 6.28. The lowest BCUT2D eigenvalue weighted by molar-refractivity contribution is -0.385. The molecule has 0 aliphatic carbocycles. The lowest BCUT2D eigenvalue weighted by Crippen LogP contribution is -2.17. The van der Waals surface area contributed by atoms with Crippen LogP contribution in [0.3, 0.4) is 0 Å². The Balaban J connectivity index is 2.15. The molecule has 2 N–H and O–H groups in total. The zero-order valence-corrected chi connectivity index (χ0v) is 12.1. The molecule has 21 heavy (non-hydrogen) atoms. The molecule has 0 spiro atoms. The maximum atomic E-state index is 10.9. The molecule has 1 aromatic heterocycles. The van der Waals surface area contributed by atoms with Crippen LogP contribution >= 0.6 is 11.3 Å². The molecule has 0 radical (unpaired) electrons. The van der Waals surface area contributed by atoms with Crippen LogP contribution in [0.5, 0.6) is 0 Å². The Hall–Kier alpha value is -2.41. The summed E-state index contributed by atoms with van der Waals surface area (Å²) in [5.74, 6) is -1.31. The van der Waals surface area contributed by atoms with E-state index < -0.39 is 16.6 Å². The number of benzene rings is 1. The smallest absolute Gasteiger partial charge is 0.342 e. The third-order valence-corrected chi connectivity index (χ3v) is 3.82. The average molecular weight is 306 g/mol. The second kappa shape index (κ2) is 6.36. The molecule has 0 saturated heterocycles. The summed E-state index contributed by atoms with van der Waals surface area (Å²) in [5.41, 5.74) is -0.178. The molecule has 2 aromatic rings. The number of hydrogen-bond donors (Lipinski definition) is 2. The van der Waals surface area contributed by atoms with Gasteiger partial charge in [0.2, 0.25) is 0 Å². The number of rotatable bonds is 6. The van der Waals surface area contributed by atoms with Crippen molar-refractivity contribution in [3.05, 3.63) is 56.3 Å². The van der Waals surface area contributed by atoms with Gasteiger partial charge >= 0.3 is 5.97 Å². The van der Waals surface area contributed by atoms with E-state index in [0.29, 0.717) is 5.69 Å². The van der Waals surface area contributed by atoms with Gasteiger partial charge in [-0.2, -0.15) is 0 Å². The minimum absolute atomic E-state index is 0.0823. The molecule has 0 fully saturated rings. The van der Waals surface area contributed by atoms with Crippen LogP contribution < -0.4 is 5.32 Å². The van der Waals surface area contributed by atoms with Crippen LogP contribution in [0.4, 0.5) is 11.4 Å². The topological polar surface area (TPSA) is 92.5 Å². The van der Waals surface area contributed by atoms with Crippen LogP contribution in [0, 0.1) is 10.1 Å². The standard InChI is InChI=1S/C14H14N2O4S/c1-9(7-11-3-2-6-21-11)15-10-4-5-12(14(17)18)13(8-10)16(19)20/h2-6,8-9,15H,7H2,1H3,(H,17,18). The van der Waals surface area contributed by atoms with E-state index in [1.807, 2.05) is 24.4 Å². The van der Waals surface area contributed by atoms with Crippen molar-refractivity contribution in [2.24, 2.45) is 0 Å². The predicted octanol–water partition coefficient (Wildman–Crippen LogP) is 3.40. The fourth-order valence-corrected chi connectivity index (χ4v) is 2.85. The van der Waals surface area contributed by atoms with Gasteiger partial charge in [0.05, 0.1) is 4.92 Å². The normalized spacial score (nSPS) is 11.9. The van der Waals surface area contributed by atoms with Gasteiger partial charge in [-0.3, -0.25) is 10.1 Å². The maximum absolute atomic E-state index is 10.9. The first-order valence-corrected chi connectivity index (χ1v) is 7.16. The summed E-state index contributed by atoms with van der Waals surface area (Å²) in [6.07, 6.45) is 0.798. The number of nitrogens with zero attached hydrogens (tertiary/aromatic N) is 1. The van der Waals surface area contributed by atoms with Crippen molar-refractivity contribution in [3.8, 4) is 0 Å². The number of carboxylic acid groups (broad SMARTS) is 1. The molecule has 6 nitrogen and oxygen atoms in total. The molecule has 0 aliphatic rings. The molecule has 1 unspecified atom stereocenters. The summed E-state index contributed by atoms with van der Waals surface area (Å²) in [5, 5.41) is 25.0. The molecule has 1 aromatic carbocycles. The van der Waals surface area contributed by atoms with Crippen LogP contribution in [0.2, 0.25) is 0 Å². The van der Waals surface area contributed by atoms with Gasteiger partial charge in [-0.25, -0.2) is 4.79 Å². The Morgan fingerprint density at radius 2 is 2.24 bits per heavy atom. The van der Waals surface area contributed by atoms with E-state index >= 15 is 0 Å². The first kappa shape index (κ1) is 15.0.